The van der Waals surface area contributed by atoms with Crippen LogP contribution < -0.4 is 5.19 Å². The SMILES string of the molecule is C/C=C(/CN(CC(=O)N1CCC[C@H]1COC)C(=O)OC(C)(C)C)[Si](C)(C)c1ccccc1. The molecule has 0 radical (unpaired) electrons. The molecule has 178 valence electrons. The maximum atomic E-state index is 13.2. The van der Waals surface area contributed by atoms with Crippen LogP contribution in [0.25, 0.3) is 0 Å². The topological polar surface area (TPSA) is 59.1 Å². The Morgan fingerprint density at radius 1 is 1.19 bits per heavy atom. The molecule has 0 bridgehead atoms. The lowest BCUT2D eigenvalue weighted by atomic mass is 10.2. The van der Waals surface area contributed by atoms with E-state index in [-0.39, 0.29) is 18.5 Å². The molecule has 2 amide bonds. The Morgan fingerprint density at radius 3 is 2.41 bits per heavy atom. The molecule has 7 heteroatoms. The van der Waals surface area contributed by atoms with E-state index >= 15 is 0 Å². The summed E-state index contributed by atoms with van der Waals surface area (Å²) in [6.07, 6.45) is 3.54. The van der Waals surface area contributed by atoms with E-state index in [1.807, 2.05) is 38.7 Å². The van der Waals surface area contributed by atoms with Crippen molar-refractivity contribution in [3.8, 4) is 0 Å². The van der Waals surface area contributed by atoms with Crippen molar-refractivity contribution < 1.29 is 19.1 Å². The van der Waals surface area contributed by atoms with Crippen LogP contribution in [0.1, 0.15) is 40.5 Å². The summed E-state index contributed by atoms with van der Waals surface area (Å²) in [5.41, 5.74) is -0.632. The Labute approximate surface area is 194 Å². The fourth-order valence-electron chi connectivity index (χ4n) is 4.19. The number of methoxy groups -OCH3 is 1. The van der Waals surface area contributed by atoms with Crippen molar-refractivity contribution in [2.75, 3.05) is 33.4 Å². The van der Waals surface area contributed by atoms with Crippen LogP contribution in [0.5, 0.6) is 0 Å². The highest BCUT2D eigenvalue weighted by Crippen LogP contribution is 2.21. The van der Waals surface area contributed by atoms with Crippen LogP contribution in [-0.4, -0.2) is 74.9 Å². The average Bonchev–Trinajstić information content (AvgIpc) is 3.18. The number of ether oxygens (including phenoxy) is 2. The van der Waals surface area contributed by atoms with E-state index in [9.17, 15) is 9.59 Å². The molecule has 0 aromatic heterocycles. The molecule has 32 heavy (non-hydrogen) atoms. The minimum atomic E-state index is -2.02. The third-order valence-electron chi connectivity index (χ3n) is 6.04. The Bertz CT molecular complexity index is 802. The summed E-state index contributed by atoms with van der Waals surface area (Å²) in [6.45, 7) is 13.7. The van der Waals surface area contributed by atoms with E-state index in [1.54, 1.807) is 12.0 Å². The van der Waals surface area contributed by atoms with Crippen molar-refractivity contribution in [2.45, 2.75) is 65.3 Å². The Kier molecular flexibility index (Phi) is 9.10. The van der Waals surface area contributed by atoms with E-state index in [0.717, 1.165) is 12.8 Å². The Hall–Kier alpha value is -2.12. The third kappa shape index (κ3) is 6.94. The van der Waals surface area contributed by atoms with Crippen LogP contribution in [0, 0.1) is 0 Å². The lowest BCUT2D eigenvalue weighted by Crippen LogP contribution is -2.51. The molecule has 1 fully saturated rings. The van der Waals surface area contributed by atoms with Gasteiger partial charge in [-0.25, -0.2) is 4.79 Å². The summed E-state index contributed by atoms with van der Waals surface area (Å²) in [6, 6.07) is 10.5. The molecular weight excluding hydrogens is 420 g/mol. The standard InChI is InChI=1S/C25H40N2O4Si/c1-8-21(32(6,7)22-14-10-9-11-15-22)17-26(24(29)31-25(2,3)4)18-23(28)27-16-12-13-20(27)19-30-5/h8-11,14-15,20H,12-13,16-19H2,1-7H3/b21-8-/t20-/m0/s1. The molecule has 0 spiro atoms. The first kappa shape index (κ1) is 26.1. The molecule has 0 saturated carbocycles. The van der Waals surface area contributed by atoms with E-state index < -0.39 is 19.8 Å². The lowest BCUT2D eigenvalue weighted by Gasteiger charge is -2.34. The molecule has 0 aliphatic carbocycles. The fourth-order valence-corrected chi connectivity index (χ4v) is 6.90. The summed E-state index contributed by atoms with van der Waals surface area (Å²) in [5.74, 6) is -0.0509. The highest BCUT2D eigenvalue weighted by atomic mass is 28.3. The minimum Gasteiger partial charge on any atom is -0.444 e. The normalized spacial score (nSPS) is 17.4. The maximum Gasteiger partial charge on any atom is 0.411 e. The van der Waals surface area contributed by atoms with Gasteiger partial charge in [0.1, 0.15) is 20.2 Å². The first-order valence-corrected chi connectivity index (χ1v) is 14.5. The van der Waals surface area contributed by atoms with Crippen LogP contribution in [-0.2, 0) is 14.3 Å². The summed E-state index contributed by atoms with van der Waals surface area (Å²) in [7, 11) is -0.363. The number of hydrogen-bond acceptors (Lipinski definition) is 4. The first-order valence-electron chi connectivity index (χ1n) is 11.5. The molecule has 2 rings (SSSR count). The van der Waals surface area contributed by atoms with Crippen molar-refractivity contribution in [1.29, 1.82) is 0 Å². The van der Waals surface area contributed by atoms with Gasteiger partial charge in [-0.3, -0.25) is 9.69 Å². The van der Waals surface area contributed by atoms with Gasteiger partial charge in [0.2, 0.25) is 5.91 Å². The van der Waals surface area contributed by atoms with Crippen LogP contribution in [0.2, 0.25) is 13.1 Å². The van der Waals surface area contributed by atoms with Gasteiger partial charge < -0.3 is 14.4 Å². The van der Waals surface area contributed by atoms with Gasteiger partial charge in [-0.2, -0.15) is 0 Å². The highest BCUT2D eigenvalue weighted by Gasteiger charge is 2.35. The van der Waals surface area contributed by atoms with Crippen LogP contribution in [0.4, 0.5) is 4.79 Å². The number of rotatable bonds is 8. The van der Waals surface area contributed by atoms with Crippen LogP contribution in [0.3, 0.4) is 0 Å². The molecule has 1 aliphatic heterocycles. The van der Waals surface area contributed by atoms with Gasteiger partial charge >= 0.3 is 6.09 Å². The second-order valence-corrected chi connectivity index (χ2v) is 14.4. The second kappa shape index (κ2) is 11.1. The number of benzene rings is 1. The molecule has 1 aromatic rings. The average molecular weight is 461 g/mol. The van der Waals surface area contributed by atoms with E-state index in [2.05, 4.69) is 43.4 Å². The molecule has 0 unspecified atom stereocenters. The Morgan fingerprint density at radius 2 is 1.84 bits per heavy atom. The van der Waals surface area contributed by atoms with Gasteiger partial charge in [0.15, 0.2) is 0 Å². The summed E-state index contributed by atoms with van der Waals surface area (Å²) in [4.78, 5) is 29.8. The molecule has 6 nitrogen and oxygen atoms in total. The van der Waals surface area contributed by atoms with Gasteiger partial charge in [0.25, 0.3) is 0 Å². The quantitative estimate of drug-likeness (QED) is 0.551. The largest absolute Gasteiger partial charge is 0.444 e. The number of allylic oxidation sites excluding steroid dienone is 1. The summed E-state index contributed by atoms with van der Waals surface area (Å²) in [5, 5.41) is 2.49. The minimum absolute atomic E-state index is 0.00569. The van der Waals surface area contributed by atoms with E-state index in [0.29, 0.717) is 19.7 Å². The van der Waals surface area contributed by atoms with E-state index in [1.165, 1.54) is 10.4 Å². The van der Waals surface area contributed by atoms with Crippen LogP contribution >= 0.6 is 0 Å². The van der Waals surface area contributed by atoms with Gasteiger partial charge in [-0.15, -0.1) is 0 Å². The number of nitrogens with zero attached hydrogens (tertiary/aromatic N) is 2. The zero-order chi connectivity index (χ0) is 23.9. The van der Waals surface area contributed by atoms with Crippen molar-refractivity contribution >= 4 is 25.3 Å². The predicted octanol–water partition coefficient (Wildman–Crippen LogP) is 3.96. The third-order valence-corrected chi connectivity index (χ3v) is 9.87. The predicted molar refractivity (Wildman–Crippen MR) is 132 cm³/mol. The smallest absolute Gasteiger partial charge is 0.411 e. The molecular formula is C25H40N2O4Si. The first-order chi connectivity index (χ1) is 15.0. The Balaban J connectivity index is 2.26. The van der Waals surface area contributed by atoms with Gasteiger partial charge in [0.05, 0.1) is 12.6 Å². The summed E-state index contributed by atoms with van der Waals surface area (Å²) >= 11 is 0. The van der Waals surface area contributed by atoms with Crippen molar-refractivity contribution in [1.82, 2.24) is 9.80 Å². The van der Waals surface area contributed by atoms with Crippen molar-refractivity contribution in [3.05, 3.63) is 41.6 Å². The maximum absolute atomic E-state index is 13.2. The fraction of sp³-hybridized carbons (Fsp3) is 0.600. The number of likely N-dealkylation sites (tertiary alicyclic amines) is 1. The second-order valence-electron chi connectivity index (χ2n) is 9.98. The lowest BCUT2D eigenvalue weighted by molar-refractivity contribution is -0.134. The van der Waals surface area contributed by atoms with Gasteiger partial charge in [0, 0.05) is 20.2 Å². The zero-order valence-electron chi connectivity index (χ0n) is 20.8. The number of hydrogen-bond donors (Lipinski definition) is 0. The van der Waals surface area contributed by atoms with Gasteiger partial charge in [-0.05, 0) is 40.5 Å². The van der Waals surface area contributed by atoms with Gasteiger partial charge in [-0.1, -0.05) is 59.9 Å². The molecule has 1 aromatic carbocycles. The molecule has 1 heterocycles. The zero-order valence-corrected chi connectivity index (χ0v) is 21.8. The number of carbonyl (C=O) groups excluding carboxylic acids is 2. The van der Waals surface area contributed by atoms with Crippen LogP contribution in [0.15, 0.2) is 41.6 Å². The molecule has 1 saturated heterocycles. The molecule has 0 N–H and O–H groups in total. The molecule has 1 atom stereocenters. The number of amides is 2. The van der Waals surface area contributed by atoms with Crippen molar-refractivity contribution in [3.63, 3.8) is 0 Å². The highest BCUT2D eigenvalue weighted by molar-refractivity contribution is 6.95. The van der Waals surface area contributed by atoms with E-state index in [4.69, 9.17) is 9.47 Å². The number of carbonyl (C=O) groups is 2. The van der Waals surface area contributed by atoms with Crippen molar-refractivity contribution in [2.24, 2.45) is 0 Å². The molecule has 1 aliphatic rings. The monoisotopic (exact) mass is 460 g/mol. The summed E-state index contributed by atoms with van der Waals surface area (Å²) < 4.78 is 11.0.